The van der Waals surface area contributed by atoms with E-state index in [0.29, 0.717) is 11.3 Å². The van der Waals surface area contributed by atoms with E-state index in [1.807, 2.05) is 31.2 Å². The van der Waals surface area contributed by atoms with Crippen LogP contribution in [0, 0.1) is 0 Å². The lowest BCUT2D eigenvalue weighted by Crippen LogP contribution is -2.22. The highest BCUT2D eigenvalue weighted by molar-refractivity contribution is 8.00. The molecular weight excluding hydrogens is 334 g/mol. The second-order valence-corrected chi connectivity index (χ2v) is 6.91. The number of amides is 1. The van der Waals surface area contributed by atoms with E-state index < -0.39 is 0 Å². The Morgan fingerprint density at radius 2 is 1.76 bits per heavy atom. The smallest absolute Gasteiger partial charge is 0.237 e. The van der Waals surface area contributed by atoms with Gasteiger partial charge in [0.15, 0.2) is 5.78 Å². The van der Waals surface area contributed by atoms with Crippen LogP contribution >= 0.6 is 11.8 Å². The molecule has 0 aliphatic rings. The number of Topliss-reactive ketones (excluding diaryl/α,β-unsaturated/α-hetero) is 1. The molecule has 0 bridgehead atoms. The SMILES string of the molecule is CC(=O)c1ccc(NC(=O)[C@@H](C)Sc2ncnc3ccccc23)cc1. The first-order valence-electron chi connectivity index (χ1n) is 7.83. The van der Waals surface area contributed by atoms with Crippen LogP contribution in [-0.2, 0) is 4.79 Å². The van der Waals surface area contributed by atoms with Gasteiger partial charge in [-0.25, -0.2) is 9.97 Å². The number of nitrogens with zero attached hydrogens (tertiary/aromatic N) is 2. The van der Waals surface area contributed by atoms with E-state index in [4.69, 9.17) is 0 Å². The van der Waals surface area contributed by atoms with Crippen molar-refractivity contribution in [2.75, 3.05) is 5.32 Å². The van der Waals surface area contributed by atoms with Crippen molar-refractivity contribution < 1.29 is 9.59 Å². The van der Waals surface area contributed by atoms with E-state index in [-0.39, 0.29) is 16.9 Å². The van der Waals surface area contributed by atoms with Gasteiger partial charge in [-0.15, -0.1) is 0 Å². The fourth-order valence-corrected chi connectivity index (χ4v) is 3.24. The van der Waals surface area contributed by atoms with Crippen molar-refractivity contribution in [3.8, 4) is 0 Å². The van der Waals surface area contributed by atoms with Crippen LogP contribution in [0.3, 0.4) is 0 Å². The van der Waals surface area contributed by atoms with Crippen molar-refractivity contribution in [3.05, 3.63) is 60.4 Å². The molecule has 3 aromatic rings. The first-order valence-corrected chi connectivity index (χ1v) is 8.71. The normalized spacial score (nSPS) is 11.9. The van der Waals surface area contributed by atoms with Crippen LogP contribution in [0.1, 0.15) is 24.2 Å². The summed E-state index contributed by atoms with van der Waals surface area (Å²) in [6.45, 7) is 3.35. The number of rotatable bonds is 5. The van der Waals surface area contributed by atoms with Gasteiger partial charge in [-0.05, 0) is 44.2 Å². The molecule has 0 fully saturated rings. The van der Waals surface area contributed by atoms with Gasteiger partial charge in [0.1, 0.15) is 11.4 Å². The maximum absolute atomic E-state index is 12.4. The van der Waals surface area contributed by atoms with Crippen LogP contribution in [0.25, 0.3) is 10.9 Å². The highest BCUT2D eigenvalue weighted by Crippen LogP contribution is 2.28. The average Bonchev–Trinajstić information content (AvgIpc) is 2.62. The van der Waals surface area contributed by atoms with E-state index >= 15 is 0 Å². The summed E-state index contributed by atoms with van der Waals surface area (Å²) in [6.07, 6.45) is 1.51. The quantitative estimate of drug-likeness (QED) is 0.428. The van der Waals surface area contributed by atoms with Crippen molar-refractivity contribution in [1.29, 1.82) is 0 Å². The van der Waals surface area contributed by atoms with Gasteiger partial charge in [-0.2, -0.15) is 0 Å². The summed E-state index contributed by atoms with van der Waals surface area (Å²) in [6, 6.07) is 14.6. The van der Waals surface area contributed by atoms with Gasteiger partial charge in [-0.1, -0.05) is 30.0 Å². The summed E-state index contributed by atoms with van der Waals surface area (Å²) in [5, 5.41) is 4.24. The van der Waals surface area contributed by atoms with Gasteiger partial charge < -0.3 is 5.32 Å². The molecule has 3 rings (SSSR count). The van der Waals surface area contributed by atoms with Gasteiger partial charge in [0.2, 0.25) is 5.91 Å². The Kier molecular flexibility index (Phi) is 5.09. The van der Waals surface area contributed by atoms with E-state index in [1.165, 1.54) is 25.0 Å². The molecule has 0 aliphatic carbocycles. The van der Waals surface area contributed by atoms with E-state index in [2.05, 4.69) is 15.3 Å². The number of thioether (sulfide) groups is 1. The number of benzene rings is 2. The molecule has 25 heavy (non-hydrogen) atoms. The Balaban J connectivity index is 1.71. The third kappa shape index (κ3) is 4.03. The second-order valence-electron chi connectivity index (χ2n) is 5.58. The number of ketones is 1. The molecule has 5 nitrogen and oxygen atoms in total. The summed E-state index contributed by atoms with van der Waals surface area (Å²) < 4.78 is 0. The van der Waals surface area contributed by atoms with Gasteiger partial charge in [0.05, 0.1) is 10.8 Å². The number of hydrogen-bond donors (Lipinski definition) is 1. The topological polar surface area (TPSA) is 72.0 Å². The summed E-state index contributed by atoms with van der Waals surface area (Å²) in [5.41, 5.74) is 2.13. The molecule has 1 N–H and O–H groups in total. The molecule has 0 unspecified atom stereocenters. The van der Waals surface area contributed by atoms with Crippen LogP contribution in [-0.4, -0.2) is 26.9 Å². The Bertz CT molecular complexity index is 920. The monoisotopic (exact) mass is 351 g/mol. The lowest BCUT2D eigenvalue weighted by molar-refractivity contribution is -0.115. The predicted octanol–water partition coefficient (Wildman–Crippen LogP) is 3.95. The van der Waals surface area contributed by atoms with Crippen LogP contribution in [0.5, 0.6) is 0 Å². The fourth-order valence-electron chi connectivity index (χ4n) is 2.33. The summed E-state index contributed by atoms with van der Waals surface area (Å²) in [5.74, 6) is -0.124. The van der Waals surface area contributed by atoms with Crippen molar-refractivity contribution >= 4 is 40.0 Å². The molecule has 0 saturated heterocycles. The summed E-state index contributed by atoms with van der Waals surface area (Å²) >= 11 is 1.39. The van der Waals surface area contributed by atoms with Crippen LogP contribution in [0.15, 0.2) is 59.9 Å². The zero-order chi connectivity index (χ0) is 17.8. The minimum absolute atomic E-state index is 0.00237. The molecule has 2 aromatic carbocycles. The third-order valence-corrected chi connectivity index (χ3v) is 4.84. The zero-order valence-electron chi connectivity index (χ0n) is 13.9. The molecule has 0 spiro atoms. The highest BCUT2D eigenvalue weighted by Gasteiger charge is 2.17. The number of carbonyl (C=O) groups excluding carboxylic acids is 2. The first kappa shape index (κ1) is 17.1. The first-order chi connectivity index (χ1) is 12.0. The fraction of sp³-hybridized carbons (Fsp3) is 0.158. The minimum Gasteiger partial charge on any atom is -0.325 e. The Morgan fingerprint density at radius 3 is 2.48 bits per heavy atom. The minimum atomic E-state index is -0.328. The molecule has 0 radical (unpaired) electrons. The molecule has 0 aliphatic heterocycles. The maximum atomic E-state index is 12.4. The molecule has 6 heteroatoms. The van der Waals surface area contributed by atoms with E-state index in [9.17, 15) is 9.59 Å². The van der Waals surface area contributed by atoms with Crippen molar-refractivity contribution in [2.45, 2.75) is 24.1 Å². The van der Waals surface area contributed by atoms with Crippen LogP contribution in [0.4, 0.5) is 5.69 Å². The Hall–Kier alpha value is -2.73. The van der Waals surface area contributed by atoms with Gasteiger partial charge in [0.25, 0.3) is 0 Å². The number of carbonyl (C=O) groups is 2. The second kappa shape index (κ2) is 7.44. The molecule has 0 saturated carbocycles. The largest absolute Gasteiger partial charge is 0.325 e. The van der Waals surface area contributed by atoms with Crippen molar-refractivity contribution in [3.63, 3.8) is 0 Å². The van der Waals surface area contributed by atoms with Crippen molar-refractivity contribution in [1.82, 2.24) is 9.97 Å². The molecule has 1 atom stereocenters. The van der Waals surface area contributed by atoms with E-state index in [1.54, 1.807) is 24.3 Å². The van der Waals surface area contributed by atoms with E-state index in [0.717, 1.165) is 15.9 Å². The summed E-state index contributed by atoms with van der Waals surface area (Å²) in [4.78, 5) is 32.3. The number of hydrogen-bond acceptors (Lipinski definition) is 5. The lowest BCUT2D eigenvalue weighted by atomic mass is 10.1. The van der Waals surface area contributed by atoms with Gasteiger partial charge in [0, 0.05) is 16.6 Å². The molecule has 126 valence electrons. The number of nitrogens with one attached hydrogen (secondary N) is 1. The Morgan fingerprint density at radius 1 is 1.04 bits per heavy atom. The van der Waals surface area contributed by atoms with Gasteiger partial charge in [-0.3, -0.25) is 9.59 Å². The standard InChI is InChI=1S/C19H17N3O2S/c1-12(23)14-7-9-15(10-8-14)22-18(24)13(2)25-19-16-5-3-4-6-17(16)20-11-21-19/h3-11,13H,1-2H3,(H,22,24)/t13-/m1/s1. The predicted molar refractivity (Wildman–Crippen MR) is 99.9 cm³/mol. The van der Waals surface area contributed by atoms with Crippen LogP contribution in [0.2, 0.25) is 0 Å². The lowest BCUT2D eigenvalue weighted by Gasteiger charge is -2.12. The number of para-hydroxylation sites is 1. The van der Waals surface area contributed by atoms with Crippen molar-refractivity contribution in [2.24, 2.45) is 0 Å². The molecule has 1 aromatic heterocycles. The molecular formula is C19H17N3O2S. The Labute approximate surface area is 149 Å². The number of anilines is 1. The third-order valence-electron chi connectivity index (χ3n) is 3.72. The summed E-state index contributed by atoms with van der Waals surface area (Å²) in [7, 11) is 0. The van der Waals surface area contributed by atoms with Crippen LogP contribution < -0.4 is 5.32 Å². The highest BCUT2D eigenvalue weighted by atomic mass is 32.2. The number of aromatic nitrogens is 2. The average molecular weight is 351 g/mol. The number of fused-ring (bicyclic) bond motifs is 1. The molecule has 1 amide bonds. The molecule has 1 heterocycles. The maximum Gasteiger partial charge on any atom is 0.237 e. The zero-order valence-corrected chi connectivity index (χ0v) is 14.7. The van der Waals surface area contributed by atoms with Gasteiger partial charge >= 0.3 is 0 Å².